The van der Waals surface area contributed by atoms with Crippen LogP contribution in [0.25, 0.3) is 12.2 Å². The van der Waals surface area contributed by atoms with Crippen LogP contribution >= 0.6 is 0 Å². The van der Waals surface area contributed by atoms with Crippen molar-refractivity contribution in [3.05, 3.63) is 149 Å². The maximum atomic E-state index is 15.6. The highest BCUT2D eigenvalue weighted by Gasteiger charge is 2.71. The molecule has 9 rings (SSSR count). The van der Waals surface area contributed by atoms with Crippen LogP contribution in [0.4, 0.5) is 11.4 Å². The Morgan fingerprint density at radius 3 is 2.05 bits per heavy atom. The molecule has 6 atom stereocenters. The van der Waals surface area contributed by atoms with Crippen LogP contribution in [0.15, 0.2) is 121 Å². The van der Waals surface area contributed by atoms with Crippen molar-refractivity contribution in [2.45, 2.75) is 31.1 Å². The van der Waals surface area contributed by atoms with Crippen molar-refractivity contribution in [1.82, 2.24) is 5.01 Å². The number of nitrogens with zero attached hydrogens (tertiary/aromatic N) is 2. The molecule has 1 saturated carbocycles. The van der Waals surface area contributed by atoms with E-state index in [1.807, 2.05) is 110 Å². The molecule has 3 fully saturated rings. The smallest absolute Gasteiger partial charge is 0.260 e. The highest BCUT2D eigenvalue weighted by Crippen LogP contribution is 2.66. The third-order valence-corrected chi connectivity index (χ3v) is 13.3. The second-order valence-corrected chi connectivity index (χ2v) is 16.4. The zero-order valence-electron chi connectivity index (χ0n) is 35.5. The van der Waals surface area contributed by atoms with Gasteiger partial charge in [0, 0.05) is 29.2 Å². The lowest BCUT2D eigenvalue weighted by atomic mass is 9.49. The summed E-state index contributed by atoms with van der Waals surface area (Å²) in [6, 6.07) is 32.3. The summed E-state index contributed by atoms with van der Waals surface area (Å²) in [6.45, 7) is 1.95. The molecule has 320 valence electrons. The van der Waals surface area contributed by atoms with E-state index in [2.05, 4.69) is 5.43 Å². The summed E-state index contributed by atoms with van der Waals surface area (Å²) in [6.07, 6.45) is 6.13. The summed E-state index contributed by atoms with van der Waals surface area (Å²) in [5.41, 5.74) is 6.98. The van der Waals surface area contributed by atoms with Gasteiger partial charge in [-0.3, -0.25) is 29.5 Å². The van der Waals surface area contributed by atoms with Crippen LogP contribution in [0.3, 0.4) is 0 Å². The number of fused-ring (bicyclic) bond motifs is 4. The molecule has 63 heavy (non-hydrogen) atoms. The molecule has 2 aliphatic heterocycles. The number of rotatable bonds is 11. The van der Waals surface area contributed by atoms with Crippen molar-refractivity contribution in [2.24, 2.45) is 23.7 Å². The van der Waals surface area contributed by atoms with E-state index in [0.717, 1.165) is 27.3 Å². The van der Waals surface area contributed by atoms with Gasteiger partial charge in [-0.15, -0.1) is 0 Å². The fourth-order valence-electron chi connectivity index (χ4n) is 10.4. The predicted molar refractivity (Wildman–Crippen MR) is 237 cm³/mol. The fraction of sp³-hybridized carbons (Fsp3) is 0.255. The molecule has 2 heterocycles. The molecule has 5 aromatic rings. The number of carbonyl (C=O) groups excluding carboxylic acids is 4. The SMILES string of the molecule is COc1ccc(OC)c(C=Cc2ccc(N3C(=O)C4CC=C5C(CC6C(=O)N(Nc7ccc(C)cc7)C(=O)C6(c6ccccc6)C5c5c(OC)cc(O)cc5OC)C4C3=O)cc2)c1. The number of allylic oxidation sites excluding steroid dienone is 2. The number of phenolic OH excluding ortho intramolecular Hbond substituents is 1. The number of anilines is 2. The van der Waals surface area contributed by atoms with Gasteiger partial charge in [0.2, 0.25) is 11.8 Å². The van der Waals surface area contributed by atoms with Gasteiger partial charge in [-0.1, -0.05) is 84.0 Å². The first-order valence-electron chi connectivity index (χ1n) is 20.8. The van der Waals surface area contributed by atoms with Gasteiger partial charge in [-0.05, 0) is 79.3 Å². The second kappa shape index (κ2) is 16.2. The number of aromatic hydroxyl groups is 1. The summed E-state index contributed by atoms with van der Waals surface area (Å²) >= 11 is 0. The predicted octanol–water partition coefficient (Wildman–Crippen LogP) is 8.09. The minimum absolute atomic E-state index is 0.113. The van der Waals surface area contributed by atoms with Crippen LogP contribution in [-0.2, 0) is 24.6 Å². The Morgan fingerprint density at radius 1 is 0.714 bits per heavy atom. The number of methoxy groups -OCH3 is 4. The van der Waals surface area contributed by atoms with Crippen LogP contribution in [0.5, 0.6) is 28.7 Å². The molecule has 0 radical (unpaired) electrons. The lowest BCUT2D eigenvalue weighted by Crippen LogP contribution is -2.53. The van der Waals surface area contributed by atoms with Crippen molar-refractivity contribution < 1.29 is 43.2 Å². The number of phenols is 1. The molecule has 6 unspecified atom stereocenters. The van der Waals surface area contributed by atoms with Crippen LogP contribution in [0.2, 0.25) is 0 Å². The molecule has 2 N–H and O–H groups in total. The van der Waals surface area contributed by atoms with Crippen molar-refractivity contribution >= 4 is 47.2 Å². The normalized spacial score (nSPS) is 23.9. The van der Waals surface area contributed by atoms with E-state index in [1.54, 1.807) is 26.4 Å². The number of imide groups is 2. The largest absolute Gasteiger partial charge is 0.508 e. The van der Waals surface area contributed by atoms with Crippen molar-refractivity contribution in [1.29, 1.82) is 0 Å². The molecule has 0 spiro atoms. The van der Waals surface area contributed by atoms with Crippen LogP contribution < -0.4 is 29.3 Å². The number of benzene rings is 5. The highest BCUT2D eigenvalue weighted by molar-refractivity contribution is 6.22. The topological polar surface area (TPSA) is 144 Å². The average molecular weight is 846 g/mol. The zero-order valence-corrected chi connectivity index (χ0v) is 35.5. The molecular weight excluding hydrogens is 799 g/mol. The Kier molecular flexibility index (Phi) is 10.5. The molecule has 0 aromatic heterocycles. The van der Waals surface area contributed by atoms with Crippen LogP contribution in [0, 0.1) is 30.6 Å². The highest BCUT2D eigenvalue weighted by atomic mass is 16.5. The number of hydrogen-bond donors (Lipinski definition) is 2. The van der Waals surface area contributed by atoms with Crippen molar-refractivity contribution in [3.8, 4) is 28.7 Å². The Balaban J connectivity index is 1.14. The number of aryl methyl sites for hydroxylation is 1. The first-order chi connectivity index (χ1) is 30.5. The maximum absolute atomic E-state index is 15.6. The number of nitrogens with one attached hydrogen (secondary N) is 1. The summed E-state index contributed by atoms with van der Waals surface area (Å²) in [7, 11) is 6.14. The second-order valence-electron chi connectivity index (χ2n) is 16.4. The van der Waals surface area contributed by atoms with E-state index in [9.17, 15) is 14.7 Å². The Morgan fingerprint density at radius 2 is 1.40 bits per heavy atom. The Labute approximate surface area is 365 Å². The van der Waals surface area contributed by atoms with E-state index in [4.69, 9.17) is 18.9 Å². The van der Waals surface area contributed by atoms with E-state index >= 15 is 9.59 Å². The van der Waals surface area contributed by atoms with Crippen molar-refractivity contribution in [2.75, 3.05) is 38.8 Å². The average Bonchev–Trinajstić information content (AvgIpc) is 3.69. The quantitative estimate of drug-likeness (QED) is 0.0761. The fourth-order valence-corrected chi connectivity index (χ4v) is 10.4. The molecule has 4 amide bonds. The third kappa shape index (κ3) is 6.59. The summed E-state index contributed by atoms with van der Waals surface area (Å²) in [5, 5.41) is 12.0. The molecule has 12 nitrogen and oxygen atoms in total. The number of carbonyl (C=O) groups is 4. The minimum atomic E-state index is -1.56. The van der Waals surface area contributed by atoms with Gasteiger partial charge in [0.05, 0.1) is 63.0 Å². The molecule has 4 aliphatic rings. The lowest BCUT2D eigenvalue weighted by molar-refractivity contribution is -0.138. The number of ether oxygens (including phenoxy) is 4. The first kappa shape index (κ1) is 41.0. The Hall–Kier alpha value is -7.34. The monoisotopic (exact) mass is 845 g/mol. The maximum Gasteiger partial charge on any atom is 0.260 e. The molecular formula is C51H47N3O9. The van der Waals surface area contributed by atoms with Gasteiger partial charge >= 0.3 is 0 Å². The van der Waals surface area contributed by atoms with Gasteiger partial charge < -0.3 is 24.1 Å². The molecule has 2 saturated heterocycles. The van der Waals surface area contributed by atoms with E-state index in [0.29, 0.717) is 34.0 Å². The van der Waals surface area contributed by atoms with Gasteiger partial charge in [0.15, 0.2) is 0 Å². The number of amides is 4. The van der Waals surface area contributed by atoms with E-state index in [-0.39, 0.29) is 41.9 Å². The summed E-state index contributed by atoms with van der Waals surface area (Å²) < 4.78 is 22.8. The standard InChI is InChI=1S/C51H47N3O9/c1-29-11-17-33(18-12-29)52-54-48(57)40-28-39-37(46(45-42(62-4)26-35(55)27-43(45)63-5)51(40,50(54)59)32-9-7-6-8-10-32)22-23-38-44(39)49(58)53(47(38)56)34-19-14-30(15-20-34)13-16-31-25-36(60-2)21-24-41(31)61-3/h6-22,24-27,38-40,44,46,52,55H,23,28H2,1-5H3. The van der Waals surface area contributed by atoms with E-state index in [1.165, 1.54) is 31.3 Å². The summed E-state index contributed by atoms with van der Waals surface area (Å²) in [5.74, 6) is -3.98. The number of hydrogen-bond acceptors (Lipinski definition) is 10. The van der Waals surface area contributed by atoms with Crippen molar-refractivity contribution in [3.63, 3.8) is 0 Å². The lowest BCUT2D eigenvalue weighted by Gasteiger charge is -2.51. The Bertz CT molecular complexity index is 2670. The van der Waals surface area contributed by atoms with Crippen LogP contribution in [0.1, 0.15) is 46.6 Å². The van der Waals surface area contributed by atoms with Gasteiger partial charge in [0.1, 0.15) is 28.7 Å². The first-order valence-corrected chi connectivity index (χ1v) is 20.8. The van der Waals surface area contributed by atoms with E-state index < -0.39 is 46.8 Å². The van der Waals surface area contributed by atoms with Crippen LogP contribution in [-0.4, -0.2) is 62.2 Å². The molecule has 5 aromatic carbocycles. The molecule has 12 heteroatoms. The zero-order chi connectivity index (χ0) is 44.2. The van der Waals surface area contributed by atoms with Gasteiger partial charge in [-0.2, -0.15) is 5.01 Å². The third-order valence-electron chi connectivity index (χ3n) is 13.3. The number of hydrazine groups is 1. The summed E-state index contributed by atoms with van der Waals surface area (Å²) in [4.78, 5) is 61.4. The van der Waals surface area contributed by atoms with Gasteiger partial charge in [-0.25, -0.2) is 0 Å². The molecule has 0 bridgehead atoms. The van der Waals surface area contributed by atoms with Gasteiger partial charge in [0.25, 0.3) is 11.8 Å². The minimum Gasteiger partial charge on any atom is -0.508 e. The molecule has 2 aliphatic carbocycles.